The molecule has 0 unspecified atom stereocenters. The maximum atomic E-state index is 12.9. The molecule has 0 spiro atoms. The highest BCUT2D eigenvalue weighted by Crippen LogP contribution is 2.19. The number of aromatic nitrogens is 1. The van der Waals surface area contributed by atoms with E-state index in [-0.39, 0.29) is 10.7 Å². The van der Waals surface area contributed by atoms with Gasteiger partial charge in [0.2, 0.25) is 0 Å². The fourth-order valence-corrected chi connectivity index (χ4v) is 1.56. The fraction of sp³-hybridized carbons (Fsp3) is 0. The Labute approximate surface area is 107 Å². The van der Waals surface area contributed by atoms with Gasteiger partial charge < -0.3 is 10.3 Å². The van der Waals surface area contributed by atoms with Gasteiger partial charge in [0, 0.05) is 17.4 Å². The molecule has 1 aromatic heterocycles. The average Bonchev–Trinajstić information content (AvgIpc) is 2.82. The molecule has 4 nitrogen and oxygen atoms in total. The minimum atomic E-state index is -0.558. The van der Waals surface area contributed by atoms with Gasteiger partial charge in [-0.15, -0.1) is 0 Å². The van der Waals surface area contributed by atoms with Crippen molar-refractivity contribution in [1.29, 1.82) is 0 Å². The fourth-order valence-electron chi connectivity index (χ4n) is 1.38. The highest BCUT2D eigenvalue weighted by molar-refractivity contribution is 6.31. The molecule has 0 saturated carbocycles. The van der Waals surface area contributed by atoms with Crippen LogP contribution in [0.4, 0.5) is 10.1 Å². The smallest absolute Gasteiger partial charge is 0.272 e. The second kappa shape index (κ2) is 5.01. The predicted octanol–water partition coefficient (Wildman–Crippen LogP) is 2.87. The molecule has 6 heteroatoms. The van der Waals surface area contributed by atoms with E-state index < -0.39 is 11.7 Å². The molecule has 0 aliphatic rings. The van der Waals surface area contributed by atoms with Crippen molar-refractivity contribution in [3.8, 4) is 0 Å². The Morgan fingerprint density at radius 2 is 2.17 bits per heavy atom. The Kier molecular flexibility index (Phi) is 3.43. The van der Waals surface area contributed by atoms with Crippen molar-refractivity contribution in [3.05, 3.63) is 52.6 Å². The van der Waals surface area contributed by atoms with Crippen molar-refractivity contribution in [2.75, 3.05) is 5.32 Å². The lowest BCUT2D eigenvalue weighted by Gasteiger charge is -2.04. The largest absolute Gasteiger partial charge is 0.356 e. The summed E-state index contributed by atoms with van der Waals surface area (Å²) in [6, 6.07) is 5.26. The molecule has 2 aromatic rings. The molecule has 1 amide bonds. The summed E-state index contributed by atoms with van der Waals surface area (Å²) in [5.41, 5.74) is 0.975. The van der Waals surface area contributed by atoms with Crippen LogP contribution >= 0.6 is 11.6 Å². The standard InChI is InChI=1S/C12H8ClFN2O2/c13-9-4-8(1-2-10(9)14)16-12(18)11-3-7(6-17)5-15-11/h1-6,15H,(H,16,18). The Morgan fingerprint density at radius 1 is 1.39 bits per heavy atom. The van der Waals surface area contributed by atoms with Crippen molar-refractivity contribution in [3.63, 3.8) is 0 Å². The Morgan fingerprint density at radius 3 is 2.78 bits per heavy atom. The van der Waals surface area contributed by atoms with Gasteiger partial charge in [0.15, 0.2) is 6.29 Å². The van der Waals surface area contributed by atoms with Crippen LogP contribution in [0.2, 0.25) is 5.02 Å². The highest BCUT2D eigenvalue weighted by atomic mass is 35.5. The molecule has 2 rings (SSSR count). The van der Waals surface area contributed by atoms with Gasteiger partial charge in [-0.2, -0.15) is 0 Å². The van der Waals surface area contributed by atoms with Crippen molar-refractivity contribution in [2.45, 2.75) is 0 Å². The van der Waals surface area contributed by atoms with E-state index in [1.165, 1.54) is 24.4 Å². The van der Waals surface area contributed by atoms with Crippen LogP contribution in [0.5, 0.6) is 0 Å². The summed E-state index contributed by atoms with van der Waals surface area (Å²) >= 11 is 5.59. The van der Waals surface area contributed by atoms with Crippen LogP contribution in [-0.4, -0.2) is 17.2 Å². The first kappa shape index (κ1) is 12.3. The molecular weight excluding hydrogens is 259 g/mol. The number of H-pyrrole nitrogens is 1. The second-order valence-corrected chi connectivity index (χ2v) is 3.95. The molecule has 92 valence electrons. The van der Waals surface area contributed by atoms with Crippen LogP contribution in [0.25, 0.3) is 0 Å². The minimum Gasteiger partial charge on any atom is -0.356 e. The molecule has 1 aromatic carbocycles. The minimum absolute atomic E-state index is 0.0760. The molecule has 0 atom stereocenters. The van der Waals surface area contributed by atoms with E-state index in [0.29, 0.717) is 17.5 Å². The second-order valence-electron chi connectivity index (χ2n) is 3.55. The molecule has 18 heavy (non-hydrogen) atoms. The number of aldehydes is 1. The van der Waals surface area contributed by atoms with Crippen LogP contribution < -0.4 is 5.32 Å². The number of amides is 1. The van der Waals surface area contributed by atoms with Gasteiger partial charge in [0.25, 0.3) is 5.91 Å². The van der Waals surface area contributed by atoms with Gasteiger partial charge >= 0.3 is 0 Å². The van der Waals surface area contributed by atoms with E-state index in [4.69, 9.17) is 11.6 Å². The SMILES string of the molecule is O=Cc1c[nH]c(C(=O)Nc2ccc(F)c(Cl)c2)c1. The van der Waals surface area contributed by atoms with Crippen molar-refractivity contribution in [1.82, 2.24) is 4.98 Å². The topological polar surface area (TPSA) is 62.0 Å². The van der Waals surface area contributed by atoms with Gasteiger partial charge in [0.05, 0.1) is 5.02 Å². The molecule has 0 saturated heterocycles. The zero-order valence-electron chi connectivity index (χ0n) is 9.04. The summed E-state index contributed by atoms with van der Waals surface area (Å²) in [6.45, 7) is 0. The normalized spacial score (nSPS) is 10.1. The summed E-state index contributed by atoms with van der Waals surface area (Å²) in [5, 5.41) is 2.45. The van der Waals surface area contributed by atoms with Crippen LogP contribution in [0.3, 0.4) is 0 Å². The van der Waals surface area contributed by atoms with Crippen molar-refractivity contribution >= 4 is 29.5 Å². The van der Waals surface area contributed by atoms with Crippen LogP contribution in [0.1, 0.15) is 20.8 Å². The van der Waals surface area contributed by atoms with Crippen molar-refractivity contribution in [2.24, 2.45) is 0 Å². The van der Waals surface area contributed by atoms with E-state index in [9.17, 15) is 14.0 Å². The van der Waals surface area contributed by atoms with Crippen LogP contribution in [0.15, 0.2) is 30.5 Å². The Bertz CT molecular complexity index is 610. The Balaban J connectivity index is 2.15. The predicted molar refractivity (Wildman–Crippen MR) is 65.5 cm³/mol. The maximum absolute atomic E-state index is 12.9. The lowest BCUT2D eigenvalue weighted by molar-refractivity contribution is 0.102. The first-order valence-corrected chi connectivity index (χ1v) is 5.38. The van der Waals surface area contributed by atoms with E-state index in [1.54, 1.807) is 0 Å². The molecule has 2 N–H and O–H groups in total. The molecule has 1 heterocycles. The quantitative estimate of drug-likeness (QED) is 0.839. The molecule has 0 fully saturated rings. The number of benzene rings is 1. The summed E-state index contributed by atoms with van der Waals surface area (Å²) < 4.78 is 12.9. The number of halogens is 2. The van der Waals surface area contributed by atoms with Gasteiger partial charge in [-0.1, -0.05) is 11.6 Å². The molecular formula is C12H8ClFN2O2. The van der Waals surface area contributed by atoms with E-state index in [0.717, 1.165) is 6.07 Å². The molecule has 0 aliphatic carbocycles. The number of aromatic amines is 1. The van der Waals surface area contributed by atoms with Gasteiger partial charge in [0.1, 0.15) is 11.5 Å². The van der Waals surface area contributed by atoms with Gasteiger partial charge in [-0.05, 0) is 24.3 Å². The number of nitrogens with one attached hydrogen (secondary N) is 2. The highest BCUT2D eigenvalue weighted by Gasteiger charge is 2.09. The van der Waals surface area contributed by atoms with Gasteiger partial charge in [-0.25, -0.2) is 4.39 Å². The van der Waals surface area contributed by atoms with Gasteiger partial charge in [-0.3, -0.25) is 9.59 Å². The van der Waals surface area contributed by atoms with E-state index in [2.05, 4.69) is 10.3 Å². The number of hydrogen-bond donors (Lipinski definition) is 2. The summed E-state index contributed by atoms with van der Waals surface area (Å²) in [7, 11) is 0. The molecule has 0 radical (unpaired) electrons. The summed E-state index contributed by atoms with van der Waals surface area (Å²) in [5.74, 6) is -0.997. The Hall–Kier alpha value is -2.14. The zero-order valence-corrected chi connectivity index (χ0v) is 9.79. The van der Waals surface area contributed by atoms with E-state index >= 15 is 0 Å². The first-order valence-electron chi connectivity index (χ1n) is 5.00. The number of hydrogen-bond acceptors (Lipinski definition) is 2. The third-order valence-corrected chi connectivity index (χ3v) is 2.55. The summed E-state index contributed by atoms with van der Waals surface area (Å²) in [6.07, 6.45) is 2.04. The number of anilines is 1. The number of rotatable bonds is 3. The van der Waals surface area contributed by atoms with Crippen LogP contribution in [0, 0.1) is 5.82 Å². The number of carbonyl (C=O) groups excluding carboxylic acids is 2. The third-order valence-electron chi connectivity index (χ3n) is 2.26. The lowest BCUT2D eigenvalue weighted by Crippen LogP contribution is -2.12. The number of carbonyl (C=O) groups is 2. The maximum Gasteiger partial charge on any atom is 0.272 e. The lowest BCUT2D eigenvalue weighted by atomic mass is 10.3. The monoisotopic (exact) mass is 266 g/mol. The van der Waals surface area contributed by atoms with Crippen LogP contribution in [-0.2, 0) is 0 Å². The third kappa shape index (κ3) is 2.57. The van der Waals surface area contributed by atoms with Crippen molar-refractivity contribution < 1.29 is 14.0 Å². The average molecular weight is 267 g/mol. The summed E-state index contributed by atoms with van der Waals surface area (Å²) in [4.78, 5) is 24.9. The first-order chi connectivity index (χ1) is 8.60. The zero-order chi connectivity index (χ0) is 13.1. The molecule has 0 bridgehead atoms. The molecule has 0 aliphatic heterocycles. The van der Waals surface area contributed by atoms with E-state index in [1.807, 2.05) is 0 Å².